The molecule has 2 aromatic heterocycles. The normalized spacial score (nSPS) is 21.3. The number of esters is 1. The number of hydrogen-bond donors (Lipinski definition) is 1. The second kappa shape index (κ2) is 20.7. The SMILES string of the molecule is COC(=O)C1(N(C(=O)C(F)(F)F)c2cccc(Cl)c2)CCC2(CC1)c1cc(OCCCNC(=O)Cc3cccc(-c4cncnc4)c3)ccc1C[C@@H]2C[C@@H](C)COc1ccnc2c1[C@H](C)CCC2. The Balaban J connectivity index is 1.00. The van der Waals surface area contributed by atoms with Crippen LogP contribution < -0.4 is 19.7 Å². The van der Waals surface area contributed by atoms with Crippen molar-refractivity contribution in [1.29, 1.82) is 0 Å². The molecule has 1 N–H and O–H groups in total. The third-order valence-corrected chi connectivity index (χ3v) is 14.5. The molecule has 2 heterocycles. The van der Waals surface area contributed by atoms with E-state index in [-0.39, 0.29) is 47.7 Å². The van der Waals surface area contributed by atoms with Crippen molar-refractivity contribution in [3.63, 3.8) is 0 Å². The summed E-state index contributed by atoms with van der Waals surface area (Å²) >= 11 is 6.29. The van der Waals surface area contributed by atoms with Crippen LogP contribution >= 0.6 is 11.6 Å². The lowest BCUT2D eigenvalue weighted by Crippen LogP contribution is -2.63. The van der Waals surface area contributed by atoms with Crippen LogP contribution in [-0.2, 0) is 43.8 Å². The number of aryl methyl sites for hydroxylation is 1. The summed E-state index contributed by atoms with van der Waals surface area (Å²) in [5.41, 5.74) is 4.37. The zero-order valence-electron chi connectivity index (χ0n) is 38.6. The number of anilines is 1. The van der Waals surface area contributed by atoms with Gasteiger partial charge in [0.15, 0.2) is 0 Å². The molecule has 3 aliphatic carbocycles. The highest BCUT2D eigenvalue weighted by molar-refractivity contribution is 6.31. The number of pyridine rings is 1. The predicted molar refractivity (Wildman–Crippen MR) is 253 cm³/mol. The molecule has 358 valence electrons. The highest BCUT2D eigenvalue weighted by Gasteiger charge is 2.60. The molecule has 15 heteroatoms. The van der Waals surface area contributed by atoms with Crippen molar-refractivity contribution in [3.05, 3.63) is 131 Å². The summed E-state index contributed by atoms with van der Waals surface area (Å²) in [6.07, 6.45) is 7.16. The molecule has 0 radical (unpaired) electrons. The molecule has 8 rings (SSSR count). The Morgan fingerprint density at radius 1 is 0.956 bits per heavy atom. The van der Waals surface area contributed by atoms with Gasteiger partial charge in [0.1, 0.15) is 23.4 Å². The van der Waals surface area contributed by atoms with E-state index < -0.39 is 29.0 Å². The van der Waals surface area contributed by atoms with Gasteiger partial charge in [-0.15, -0.1) is 0 Å². The van der Waals surface area contributed by atoms with Crippen LogP contribution in [0.3, 0.4) is 0 Å². The van der Waals surface area contributed by atoms with Gasteiger partial charge in [0.05, 0.1) is 26.7 Å². The van der Waals surface area contributed by atoms with Gasteiger partial charge in [-0.2, -0.15) is 13.2 Å². The van der Waals surface area contributed by atoms with Gasteiger partial charge in [0, 0.05) is 52.7 Å². The Morgan fingerprint density at radius 3 is 2.49 bits per heavy atom. The van der Waals surface area contributed by atoms with Crippen LogP contribution in [0.4, 0.5) is 18.9 Å². The third-order valence-electron chi connectivity index (χ3n) is 14.2. The first kappa shape index (κ1) is 48.4. The molecule has 3 aromatic carbocycles. The lowest BCUT2D eigenvalue weighted by molar-refractivity contribution is -0.174. The van der Waals surface area contributed by atoms with Crippen molar-refractivity contribution in [2.75, 3.05) is 31.8 Å². The summed E-state index contributed by atoms with van der Waals surface area (Å²) in [5.74, 6) is -1.25. The van der Waals surface area contributed by atoms with Crippen molar-refractivity contribution >= 4 is 35.1 Å². The first-order valence-corrected chi connectivity index (χ1v) is 23.8. The molecule has 1 saturated carbocycles. The number of methoxy groups -OCH3 is 1. The molecule has 0 saturated heterocycles. The molecular formula is C53H57ClF3N5O6. The average Bonchev–Trinajstić information content (AvgIpc) is 3.61. The number of halogens is 4. The van der Waals surface area contributed by atoms with Crippen molar-refractivity contribution in [2.45, 2.75) is 108 Å². The summed E-state index contributed by atoms with van der Waals surface area (Å²) in [4.78, 5) is 53.8. The number of amides is 2. The number of carbonyl (C=O) groups is 3. The van der Waals surface area contributed by atoms with Crippen molar-refractivity contribution in [1.82, 2.24) is 20.3 Å². The Morgan fingerprint density at radius 2 is 1.74 bits per heavy atom. The smallest absolute Gasteiger partial charge is 0.471 e. The third kappa shape index (κ3) is 10.4. The number of fused-ring (bicyclic) bond motifs is 3. The Kier molecular flexibility index (Phi) is 14.7. The minimum atomic E-state index is -5.29. The summed E-state index contributed by atoms with van der Waals surface area (Å²) in [6, 6.07) is 21.3. The summed E-state index contributed by atoms with van der Waals surface area (Å²) < 4.78 is 61.8. The highest BCUT2D eigenvalue weighted by atomic mass is 35.5. The fraction of sp³-hybridized carbons (Fsp3) is 0.434. The summed E-state index contributed by atoms with van der Waals surface area (Å²) in [6.45, 7) is 5.55. The van der Waals surface area contributed by atoms with Crippen LogP contribution in [0, 0.1) is 11.8 Å². The molecule has 11 nitrogen and oxygen atoms in total. The van der Waals surface area contributed by atoms with Gasteiger partial charge in [-0.3, -0.25) is 19.5 Å². The number of rotatable bonds is 16. The summed E-state index contributed by atoms with van der Waals surface area (Å²) in [5, 5.41) is 3.11. The van der Waals surface area contributed by atoms with Crippen molar-refractivity contribution in [3.8, 4) is 22.6 Å². The molecule has 2 amide bonds. The second-order valence-electron chi connectivity index (χ2n) is 18.7. The minimum absolute atomic E-state index is 0.0298. The van der Waals surface area contributed by atoms with Gasteiger partial charge in [-0.1, -0.05) is 61.8 Å². The molecule has 0 bridgehead atoms. The van der Waals surface area contributed by atoms with Gasteiger partial charge >= 0.3 is 18.1 Å². The van der Waals surface area contributed by atoms with E-state index in [1.807, 2.05) is 48.7 Å². The fourth-order valence-corrected chi connectivity index (χ4v) is 11.2. The van der Waals surface area contributed by atoms with Gasteiger partial charge < -0.3 is 19.5 Å². The summed E-state index contributed by atoms with van der Waals surface area (Å²) in [7, 11) is 1.13. The van der Waals surface area contributed by atoms with Crippen molar-refractivity contribution in [2.24, 2.45) is 11.8 Å². The van der Waals surface area contributed by atoms with E-state index in [4.69, 9.17) is 25.8 Å². The van der Waals surface area contributed by atoms with E-state index in [1.54, 1.807) is 12.4 Å². The van der Waals surface area contributed by atoms with Crippen LogP contribution in [-0.4, -0.2) is 71.3 Å². The van der Waals surface area contributed by atoms with E-state index in [1.165, 1.54) is 36.2 Å². The maximum absolute atomic E-state index is 14.5. The van der Waals surface area contributed by atoms with E-state index in [0.29, 0.717) is 62.0 Å². The first-order chi connectivity index (χ1) is 32.7. The number of ether oxygens (including phenoxy) is 3. The van der Waals surface area contributed by atoms with E-state index in [0.717, 1.165) is 72.1 Å². The van der Waals surface area contributed by atoms with Gasteiger partial charge in [-0.25, -0.2) is 14.8 Å². The Labute approximate surface area is 400 Å². The van der Waals surface area contributed by atoms with Gasteiger partial charge in [0.2, 0.25) is 5.91 Å². The first-order valence-electron chi connectivity index (χ1n) is 23.4. The van der Waals surface area contributed by atoms with Crippen LogP contribution in [0.25, 0.3) is 11.1 Å². The zero-order chi connectivity index (χ0) is 48.1. The zero-order valence-corrected chi connectivity index (χ0v) is 39.4. The van der Waals surface area contributed by atoms with E-state index in [9.17, 15) is 27.6 Å². The lowest BCUT2D eigenvalue weighted by atomic mass is 9.59. The maximum Gasteiger partial charge on any atom is 0.471 e. The van der Waals surface area contributed by atoms with Crippen LogP contribution in [0.5, 0.6) is 11.5 Å². The largest absolute Gasteiger partial charge is 0.494 e. The number of benzene rings is 3. The molecule has 1 fully saturated rings. The molecule has 0 unspecified atom stereocenters. The number of aromatic nitrogens is 3. The quantitative estimate of drug-likeness (QED) is 0.0758. The number of carbonyl (C=O) groups excluding carboxylic acids is 3. The molecule has 68 heavy (non-hydrogen) atoms. The lowest BCUT2D eigenvalue weighted by Gasteiger charge is -2.51. The number of alkyl halides is 3. The molecule has 5 aromatic rings. The standard InChI is InChI=1S/C53H57ClF3N5O6/c1-34(32-68-46-16-22-60-45-13-4-8-35(2)48(45)46)24-40-27-38-14-15-43(67-23-7-21-61-47(63)26-36-9-5-10-37(25-36)39-30-58-33-59-31-39)29-44(38)51(40)17-19-52(20-18-51,50(65)66-3)62(49(64)53(55,56)57)42-12-6-11-41(54)28-42/h5-6,9-12,14-16,22,25,28-31,33-35,40H,4,7-8,13,17-21,23-24,26-27,32H2,1-3H3,(H,61,63)/t34-,35-,40+,51?,52?/m1/s1. The Bertz CT molecular complexity index is 2610. The van der Waals surface area contributed by atoms with E-state index >= 15 is 0 Å². The van der Waals surface area contributed by atoms with Crippen LogP contribution in [0.15, 0.2) is 97.7 Å². The minimum Gasteiger partial charge on any atom is -0.494 e. The molecule has 3 aliphatic rings. The van der Waals surface area contributed by atoms with Crippen LogP contribution in [0.2, 0.25) is 5.02 Å². The predicted octanol–water partition coefficient (Wildman–Crippen LogP) is 10.4. The number of hydrogen-bond acceptors (Lipinski definition) is 9. The fourth-order valence-electron chi connectivity index (χ4n) is 11.0. The molecular weight excluding hydrogens is 895 g/mol. The Hall–Kier alpha value is -6.02. The van der Waals surface area contributed by atoms with E-state index in [2.05, 4.69) is 40.2 Å². The van der Waals surface area contributed by atoms with Gasteiger partial charge in [0.25, 0.3) is 0 Å². The van der Waals surface area contributed by atoms with Crippen molar-refractivity contribution < 1.29 is 41.8 Å². The number of nitrogens with zero attached hydrogens (tertiary/aromatic N) is 4. The molecule has 3 atom stereocenters. The topological polar surface area (TPSA) is 133 Å². The van der Waals surface area contributed by atoms with Crippen LogP contribution in [0.1, 0.15) is 99.1 Å². The monoisotopic (exact) mass is 951 g/mol. The molecule has 0 aliphatic heterocycles. The maximum atomic E-state index is 14.5. The average molecular weight is 953 g/mol. The number of nitrogens with one attached hydrogen (secondary N) is 1. The highest BCUT2D eigenvalue weighted by Crippen LogP contribution is 2.58. The van der Waals surface area contributed by atoms with Gasteiger partial charge in [-0.05, 0) is 146 Å². The molecule has 1 spiro atoms. The second-order valence-corrected chi connectivity index (χ2v) is 19.1.